The fraction of sp³-hybridized carbons (Fsp3) is 0.462. The molecule has 1 heterocycles. The summed E-state index contributed by atoms with van der Waals surface area (Å²) in [5.41, 5.74) is 2.56. The van der Waals surface area contributed by atoms with E-state index in [-0.39, 0.29) is 0 Å². The molecule has 0 unspecified atom stereocenters. The van der Waals surface area contributed by atoms with E-state index in [4.69, 9.17) is 5.11 Å². The highest BCUT2D eigenvalue weighted by Gasteiger charge is 2.20. The molecule has 18 heavy (non-hydrogen) atoms. The molecule has 0 spiro atoms. The average Bonchev–Trinajstić information content (AvgIpc) is 2.36. The number of carbonyl (C=O) groups is 1. The number of hydrogen-bond donors (Lipinski definition) is 1. The van der Waals surface area contributed by atoms with Crippen LogP contribution in [0.3, 0.4) is 0 Å². The van der Waals surface area contributed by atoms with E-state index in [1.54, 1.807) is 0 Å². The number of carboxylic acid groups (broad SMARTS) is 1. The van der Waals surface area contributed by atoms with Crippen LogP contribution < -0.4 is 0 Å². The number of hydrogen-bond acceptors (Lipinski definition) is 2. The highest BCUT2D eigenvalue weighted by molar-refractivity contribution is 9.10. The van der Waals surface area contributed by atoms with E-state index in [9.17, 15) is 4.79 Å². The predicted molar refractivity (Wildman–Crippen MR) is 73.8 cm³/mol. The van der Waals surface area contributed by atoms with Crippen molar-refractivity contribution in [3.63, 3.8) is 0 Å². The Bertz CT molecular complexity index is 443. The van der Waals surface area contributed by atoms with Gasteiger partial charge in [0.1, 0.15) is 0 Å². The van der Waals surface area contributed by atoms with Crippen molar-refractivity contribution >= 4 is 22.0 Å². The van der Waals surface area contributed by atoms with Crippen LogP contribution in [0.15, 0.2) is 22.7 Å². The maximum Gasteiger partial charge on any atom is 0.407 e. The van der Waals surface area contributed by atoms with Gasteiger partial charge in [-0.3, -0.25) is 4.90 Å². The number of benzene rings is 1. The van der Waals surface area contributed by atoms with E-state index in [0.29, 0.717) is 13.1 Å². The highest BCUT2D eigenvalue weighted by atomic mass is 79.9. The fourth-order valence-corrected chi connectivity index (χ4v) is 2.57. The largest absolute Gasteiger partial charge is 0.465 e. The van der Waals surface area contributed by atoms with Gasteiger partial charge in [-0.1, -0.05) is 28.1 Å². The Morgan fingerprint density at radius 1 is 1.33 bits per heavy atom. The van der Waals surface area contributed by atoms with Gasteiger partial charge in [0, 0.05) is 37.2 Å². The quantitative estimate of drug-likeness (QED) is 0.912. The second-order valence-corrected chi connectivity index (χ2v) is 5.42. The minimum Gasteiger partial charge on any atom is -0.465 e. The molecular weight excluding hydrogens is 296 g/mol. The Kier molecular flexibility index (Phi) is 4.24. The monoisotopic (exact) mass is 312 g/mol. The number of amides is 1. The maximum atomic E-state index is 10.8. The van der Waals surface area contributed by atoms with Gasteiger partial charge in [0.15, 0.2) is 0 Å². The van der Waals surface area contributed by atoms with Crippen LogP contribution in [0.25, 0.3) is 0 Å². The average molecular weight is 313 g/mol. The molecular formula is C13H17BrN2O2. The van der Waals surface area contributed by atoms with E-state index in [0.717, 1.165) is 24.1 Å². The smallest absolute Gasteiger partial charge is 0.407 e. The normalized spacial score (nSPS) is 16.9. The van der Waals surface area contributed by atoms with Crippen LogP contribution >= 0.6 is 15.9 Å². The van der Waals surface area contributed by atoms with Crippen LogP contribution in [0.1, 0.15) is 11.1 Å². The molecule has 0 atom stereocenters. The lowest BCUT2D eigenvalue weighted by Crippen LogP contribution is -2.47. The summed E-state index contributed by atoms with van der Waals surface area (Å²) < 4.78 is 1.13. The summed E-state index contributed by atoms with van der Waals surface area (Å²) in [5, 5.41) is 8.90. The predicted octanol–water partition coefficient (Wildman–Crippen LogP) is 2.55. The first kappa shape index (κ1) is 13.4. The molecule has 1 amide bonds. The van der Waals surface area contributed by atoms with Gasteiger partial charge in [0.05, 0.1) is 0 Å². The van der Waals surface area contributed by atoms with Gasteiger partial charge in [0.2, 0.25) is 0 Å². The molecule has 1 saturated heterocycles. The molecule has 1 aliphatic heterocycles. The first-order valence-corrected chi connectivity index (χ1v) is 6.81. The molecule has 5 heteroatoms. The molecule has 0 bridgehead atoms. The molecule has 98 valence electrons. The fourth-order valence-electron chi connectivity index (χ4n) is 2.16. The summed E-state index contributed by atoms with van der Waals surface area (Å²) in [7, 11) is 0. The van der Waals surface area contributed by atoms with E-state index in [2.05, 4.69) is 33.8 Å². The second-order valence-electron chi connectivity index (χ2n) is 4.57. The van der Waals surface area contributed by atoms with Gasteiger partial charge >= 0.3 is 6.09 Å². The molecule has 0 saturated carbocycles. The van der Waals surface area contributed by atoms with Gasteiger partial charge in [-0.15, -0.1) is 0 Å². The number of halogens is 1. The Morgan fingerprint density at radius 3 is 2.61 bits per heavy atom. The standard InChI is InChI=1S/C13H17BrN2O2/c1-10-11(3-2-4-12(10)14)9-15-5-7-16(8-6-15)13(17)18/h2-4H,5-9H2,1H3,(H,17,18). The van der Waals surface area contributed by atoms with Crippen molar-refractivity contribution in [3.05, 3.63) is 33.8 Å². The van der Waals surface area contributed by atoms with Crippen LogP contribution in [0, 0.1) is 6.92 Å². The third-order valence-electron chi connectivity index (χ3n) is 3.42. The molecule has 4 nitrogen and oxygen atoms in total. The molecule has 1 aliphatic rings. The first-order chi connectivity index (χ1) is 8.58. The van der Waals surface area contributed by atoms with Crippen LogP contribution in [0.5, 0.6) is 0 Å². The van der Waals surface area contributed by atoms with Gasteiger partial charge in [-0.05, 0) is 24.1 Å². The Labute approximate surface area is 115 Å². The van der Waals surface area contributed by atoms with Gasteiger partial charge < -0.3 is 10.0 Å². The van der Waals surface area contributed by atoms with Crippen LogP contribution in [-0.2, 0) is 6.54 Å². The van der Waals surface area contributed by atoms with Crippen molar-refractivity contribution in [2.24, 2.45) is 0 Å². The topological polar surface area (TPSA) is 43.8 Å². The van der Waals surface area contributed by atoms with Gasteiger partial charge in [0.25, 0.3) is 0 Å². The van der Waals surface area contributed by atoms with E-state index in [1.807, 2.05) is 12.1 Å². The van der Waals surface area contributed by atoms with Crippen molar-refractivity contribution in [1.29, 1.82) is 0 Å². The zero-order valence-corrected chi connectivity index (χ0v) is 12.0. The Morgan fingerprint density at radius 2 is 2.00 bits per heavy atom. The van der Waals surface area contributed by atoms with E-state index >= 15 is 0 Å². The summed E-state index contributed by atoms with van der Waals surface area (Å²) in [6, 6.07) is 6.21. The summed E-state index contributed by atoms with van der Waals surface area (Å²) >= 11 is 3.54. The zero-order chi connectivity index (χ0) is 13.1. The lowest BCUT2D eigenvalue weighted by Gasteiger charge is -2.33. The molecule has 0 aliphatic carbocycles. The van der Waals surface area contributed by atoms with Crippen molar-refractivity contribution in [3.8, 4) is 0 Å². The van der Waals surface area contributed by atoms with Crippen molar-refractivity contribution in [2.45, 2.75) is 13.5 Å². The number of nitrogens with zero attached hydrogens (tertiary/aromatic N) is 2. The maximum absolute atomic E-state index is 10.8. The summed E-state index contributed by atoms with van der Waals surface area (Å²) in [4.78, 5) is 14.6. The zero-order valence-electron chi connectivity index (χ0n) is 10.4. The number of piperazine rings is 1. The third kappa shape index (κ3) is 3.03. The van der Waals surface area contributed by atoms with Crippen molar-refractivity contribution in [2.75, 3.05) is 26.2 Å². The molecule has 2 rings (SSSR count). The molecule has 1 fully saturated rings. The van der Waals surface area contributed by atoms with Crippen LogP contribution in [-0.4, -0.2) is 47.2 Å². The SMILES string of the molecule is Cc1c(Br)cccc1CN1CCN(C(=O)O)CC1. The van der Waals surface area contributed by atoms with Crippen molar-refractivity contribution < 1.29 is 9.90 Å². The number of rotatable bonds is 2. The molecule has 0 radical (unpaired) electrons. The summed E-state index contributed by atoms with van der Waals surface area (Å²) in [5.74, 6) is 0. The second kappa shape index (κ2) is 5.71. The van der Waals surface area contributed by atoms with Crippen LogP contribution in [0.4, 0.5) is 4.79 Å². The van der Waals surface area contributed by atoms with Gasteiger partial charge in [-0.25, -0.2) is 4.79 Å². The van der Waals surface area contributed by atoms with E-state index in [1.165, 1.54) is 16.0 Å². The van der Waals surface area contributed by atoms with Crippen molar-refractivity contribution in [1.82, 2.24) is 9.80 Å². The molecule has 0 aromatic heterocycles. The Hall–Kier alpha value is -1.07. The lowest BCUT2D eigenvalue weighted by atomic mass is 10.1. The minimum atomic E-state index is -0.812. The van der Waals surface area contributed by atoms with E-state index < -0.39 is 6.09 Å². The third-order valence-corrected chi connectivity index (χ3v) is 4.28. The van der Waals surface area contributed by atoms with Gasteiger partial charge in [-0.2, -0.15) is 0 Å². The lowest BCUT2D eigenvalue weighted by molar-refractivity contribution is 0.103. The summed E-state index contributed by atoms with van der Waals surface area (Å²) in [6.45, 7) is 5.80. The molecule has 1 aromatic rings. The molecule has 1 aromatic carbocycles. The minimum absolute atomic E-state index is 0.600. The Balaban J connectivity index is 1.96. The molecule has 1 N–H and O–H groups in total. The highest BCUT2D eigenvalue weighted by Crippen LogP contribution is 2.21. The summed E-state index contributed by atoms with van der Waals surface area (Å²) in [6.07, 6.45) is -0.812. The first-order valence-electron chi connectivity index (χ1n) is 6.02. The van der Waals surface area contributed by atoms with Crippen LogP contribution in [0.2, 0.25) is 0 Å².